The zero-order valence-electron chi connectivity index (χ0n) is 22.3. The van der Waals surface area contributed by atoms with Crippen LogP contribution in [0.25, 0.3) is 0 Å². The van der Waals surface area contributed by atoms with Crippen LogP contribution in [0.3, 0.4) is 0 Å². The third-order valence-electron chi connectivity index (χ3n) is 6.66. The minimum Gasteiger partial charge on any atom is -0.393 e. The first kappa shape index (κ1) is 28.2. The van der Waals surface area contributed by atoms with Crippen molar-refractivity contribution in [1.29, 1.82) is 0 Å². The summed E-state index contributed by atoms with van der Waals surface area (Å²) in [6.45, 7) is 6.99. The van der Waals surface area contributed by atoms with Crippen molar-refractivity contribution in [3.05, 3.63) is 126 Å². The van der Waals surface area contributed by atoms with Crippen molar-refractivity contribution in [2.45, 2.75) is 25.9 Å². The molecule has 1 aliphatic heterocycles. The lowest BCUT2D eigenvalue weighted by molar-refractivity contribution is 0.0965. The van der Waals surface area contributed by atoms with Gasteiger partial charge in [-0.3, -0.25) is 19.4 Å². The van der Waals surface area contributed by atoms with Crippen LogP contribution in [0.4, 0.5) is 11.4 Å². The van der Waals surface area contributed by atoms with E-state index in [9.17, 15) is 19.5 Å². The molecule has 1 aliphatic rings. The van der Waals surface area contributed by atoms with Gasteiger partial charge in [-0.25, -0.2) is 0 Å². The molecule has 8 nitrogen and oxygen atoms in total. The van der Waals surface area contributed by atoms with Gasteiger partial charge in [0.15, 0.2) is 5.78 Å². The van der Waals surface area contributed by atoms with Crippen LogP contribution < -0.4 is 15.5 Å². The van der Waals surface area contributed by atoms with E-state index in [1.165, 1.54) is 18.5 Å². The molecule has 3 aromatic rings. The first-order chi connectivity index (χ1) is 19.3. The van der Waals surface area contributed by atoms with Crippen molar-refractivity contribution in [3.63, 3.8) is 0 Å². The molecular weight excluding hydrogens is 504 g/mol. The second kappa shape index (κ2) is 13.3. The number of aliphatic hydroxyl groups is 1. The summed E-state index contributed by atoms with van der Waals surface area (Å²) in [5.41, 5.74) is 3.98. The van der Waals surface area contributed by atoms with Crippen LogP contribution in [0.5, 0.6) is 0 Å². The number of nitrogens with zero attached hydrogens (tertiary/aromatic N) is 2. The standard InChI is InChI=1S/C32H32N4O4/c1-3-26(34-32(40)25-14-18-33-19-15-25)9-4-22(2)30(38)23-5-10-27(11-6-23)35-31(39)24-7-12-28(13-8-24)36-20-16-29(37)17-21-36/h3-15,18-19,29,37H,1,16-17,20-21H2,2H3,(H,34,40)(H,35,39)/b22-4+,26-9+. The zero-order valence-corrected chi connectivity index (χ0v) is 22.3. The molecule has 0 unspecified atom stereocenters. The molecule has 0 bridgehead atoms. The van der Waals surface area contributed by atoms with E-state index in [4.69, 9.17) is 0 Å². The molecule has 4 rings (SSSR count). The molecule has 3 N–H and O–H groups in total. The summed E-state index contributed by atoms with van der Waals surface area (Å²) in [5, 5.41) is 15.3. The summed E-state index contributed by atoms with van der Waals surface area (Å²) in [6, 6.07) is 17.3. The molecule has 0 aliphatic carbocycles. The van der Waals surface area contributed by atoms with Crippen molar-refractivity contribution in [3.8, 4) is 0 Å². The minimum absolute atomic E-state index is 0.182. The molecule has 1 saturated heterocycles. The Morgan fingerprint density at radius 2 is 1.48 bits per heavy atom. The Kier molecular flexibility index (Phi) is 9.38. The minimum atomic E-state index is -0.303. The number of pyridine rings is 1. The lowest BCUT2D eigenvalue weighted by Gasteiger charge is -2.31. The summed E-state index contributed by atoms with van der Waals surface area (Å²) in [5.74, 6) is -0.729. The SMILES string of the molecule is C=C/C(=C\C=C(/C)C(=O)c1ccc(NC(=O)c2ccc(N3CCC(O)CC3)cc2)cc1)NC(=O)c1ccncc1. The quantitative estimate of drug-likeness (QED) is 0.203. The maximum Gasteiger partial charge on any atom is 0.255 e. The van der Waals surface area contributed by atoms with Crippen LogP contribution in [0.15, 0.2) is 109 Å². The molecule has 2 aromatic carbocycles. The molecule has 1 aromatic heterocycles. The number of benzene rings is 2. The molecule has 40 heavy (non-hydrogen) atoms. The van der Waals surface area contributed by atoms with Gasteiger partial charge in [0.25, 0.3) is 11.8 Å². The van der Waals surface area contributed by atoms with E-state index >= 15 is 0 Å². The number of aliphatic hydroxyl groups excluding tert-OH is 1. The van der Waals surface area contributed by atoms with Gasteiger partial charge in [-0.15, -0.1) is 0 Å². The van der Waals surface area contributed by atoms with E-state index in [1.54, 1.807) is 67.6 Å². The fraction of sp³-hybridized carbons (Fsp3) is 0.188. The van der Waals surface area contributed by atoms with Gasteiger partial charge in [0.05, 0.1) is 6.10 Å². The fourth-order valence-corrected chi connectivity index (χ4v) is 4.24. The molecule has 204 valence electrons. The topological polar surface area (TPSA) is 112 Å². The number of carbonyl (C=O) groups excluding carboxylic acids is 3. The molecule has 2 amide bonds. The lowest BCUT2D eigenvalue weighted by atomic mass is 10.0. The zero-order chi connectivity index (χ0) is 28.5. The largest absolute Gasteiger partial charge is 0.393 e. The number of carbonyl (C=O) groups is 3. The first-order valence-electron chi connectivity index (χ1n) is 13.1. The Morgan fingerprint density at radius 3 is 2.10 bits per heavy atom. The Bertz CT molecular complexity index is 1420. The number of aromatic nitrogens is 1. The molecule has 8 heteroatoms. The van der Waals surface area contributed by atoms with Crippen molar-refractivity contribution in [1.82, 2.24) is 10.3 Å². The highest BCUT2D eigenvalue weighted by atomic mass is 16.3. The Balaban J connectivity index is 1.34. The summed E-state index contributed by atoms with van der Waals surface area (Å²) < 4.78 is 0. The summed E-state index contributed by atoms with van der Waals surface area (Å²) in [4.78, 5) is 44.1. The van der Waals surface area contributed by atoms with E-state index < -0.39 is 0 Å². The fourth-order valence-electron chi connectivity index (χ4n) is 4.24. The van der Waals surface area contributed by atoms with E-state index in [1.807, 2.05) is 12.1 Å². The van der Waals surface area contributed by atoms with Crippen LogP contribution in [0.1, 0.15) is 50.8 Å². The number of rotatable bonds is 9. The maximum atomic E-state index is 12.9. The molecule has 1 fully saturated rings. The summed E-state index contributed by atoms with van der Waals surface area (Å²) in [6.07, 6.45) is 9.06. The average molecular weight is 537 g/mol. The van der Waals surface area contributed by atoms with Crippen LogP contribution in [-0.2, 0) is 0 Å². The number of ketones is 1. The number of hydrogen-bond donors (Lipinski definition) is 3. The second-order valence-corrected chi connectivity index (χ2v) is 9.49. The third kappa shape index (κ3) is 7.39. The Labute approximate surface area is 233 Å². The van der Waals surface area contributed by atoms with E-state index in [0.29, 0.717) is 33.6 Å². The van der Waals surface area contributed by atoms with E-state index in [0.717, 1.165) is 31.6 Å². The van der Waals surface area contributed by atoms with E-state index in [-0.39, 0.29) is 23.7 Å². The van der Waals surface area contributed by atoms with Crippen LogP contribution >= 0.6 is 0 Å². The number of hydrogen-bond acceptors (Lipinski definition) is 6. The molecule has 0 spiro atoms. The molecular formula is C32H32N4O4. The van der Waals surface area contributed by atoms with Gasteiger partial charge >= 0.3 is 0 Å². The third-order valence-corrected chi connectivity index (χ3v) is 6.66. The number of allylic oxidation sites excluding steroid dienone is 4. The van der Waals surface area contributed by atoms with Crippen molar-refractivity contribution in [2.75, 3.05) is 23.3 Å². The van der Waals surface area contributed by atoms with Gasteiger partial charge < -0.3 is 20.6 Å². The van der Waals surface area contributed by atoms with Gasteiger partial charge in [0, 0.05) is 59.2 Å². The van der Waals surface area contributed by atoms with Crippen molar-refractivity contribution < 1.29 is 19.5 Å². The van der Waals surface area contributed by atoms with E-state index in [2.05, 4.69) is 27.1 Å². The average Bonchev–Trinajstić information content (AvgIpc) is 3.00. The predicted molar refractivity (Wildman–Crippen MR) is 156 cm³/mol. The van der Waals surface area contributed by atoms with Crippen LogP contribution in [-0.4, -0.2) is 46.9 Å². The number of anilines is 2. The molecule has 0 radical (unpaired) electrons. The van der Waals surface area contributed by atoms with Gasteiger partial charge in [-0.05, 0) is 98.2 Å². The highest BCUT2D eigenvalue weighted by Crippen LogP contribution is 2.21. The van der Waals surface area contributed by atoms with Gasteiger partial charge in [0.1, 0.15) is 0 Å². The van der Waals surface area contributed by atoms with Crippen molar-refractivity contribution >= 4 is 29.0 Å². The summed E-state index contributed by atoms with van der Waals surface area (Å²) in [7, 11) is 0. The Morgan fingerprint density at radius 1 is 0.875 bits per heavy atom. The van der Waals surface area contributed by atoms with Crippen LogP contribution in [0, 0.1) is 0 Å². The molecule has 0 atom stereocenters. The number of amides is 2. The highest BCUT2D eigenvalue weighted by Gasteiger charge is 2.17. The smallest absolute Gasteiger partial charge is 0.255 e. The first-order valence-corrected chi connectivity index (χ1v) is 13.1. The molecule has 2 heterocycles. The van der Waals surface area contributed by atoms with Gasteiger partial charge in [-0.1, -0.05) is 12.7 Å². The summed E-state index contributed by atoms with van der Waals surface area (Å²) >= 11 is 0. The lowest BCUT2D eigenvalue weighted by Crippen LogP contribution is -2.35. The number of Topliss-reactive ketones (excluding diaryl/α,β-unsaturated/α-hetero) is 1. The van der Waals surface area contributed by atoms with Crippen molar-refractivity contribution in [2.24, 2.45) is 0 Å². The number of nitrogens with one attached hydrogen (secondary N) is 2. The highest BCUT2D eigenvalue weighted by molar-refractivity contribution is 6.09. The normalized spacial score (nSPS) is 14.4. The second-order valence-electron chi connectivity index (χ2n) is 9.49. The van der Waals surface area contributed by atoms with Gasteiger partial charge in [0.2, 0.25) is 0 Å². The van der Waals surface area contributed by atoms with Gasteiger partial charge in [-0.2, -0.15) is 0 Å². The molecule has 0 saturated carbocycles. The predicted octanol–water partition coefficient (Wildman–Crippen LogP) is 4.92. The monoisotopic (exact) mass is 536 g/mol. The van der Waals surface area contributed by atoms with Crippen LogP contribution in [0.2, 0.25) is 0 Å². The Hall–Kier alpha value is -4.82. The number of piperidine rings is 1. The maximum absolute atomic E-state index is 12.9.